The van der Waals surface area contributed by atoms with Crippen LogP contribution in [0.5, 0.6) is 0 Å². The molecule has 0 N–H and O–H groups in total. The molecule has 4 heteroatoms. The Hall–Kier alpha value is -1.68. The molecule has 0 aliphatic carbocycles. The van der Waals surface area contributed by atoms with Crippen molar-refractivity contribution >= 4 is 16.9 Å². The average molecular weight is 233 g/mol. The van der Waals surface area contributed by atoms with Gasteiger partial charge in [0.1, 0.15) is 10.8 Å². The molecule has 0 saturated heterocycles. The summed E-state index contributed by atoms with van der Waals surface area (Å²) >= 11 is 1.03. The van der Waals surface area contributed by atoms with Crippen LogP contribution in [-0.2, 0) is 0 Å². The topological polar surface area (TPSA) is 30.0 Å². The van der Waals surface area contributed by atoms with E-state index in [1.807, 2.05) is 6.07 Å². The van der Waals surface area contributed by atoms with Crippen LogP contribution in [0, 0.1) is 5.82 Å². The van der Waals surface area contributed by atoms with Crippen molar-refractivity contribution in [3.63, 3.8) is 0 Å². The summed E-state index contributed by atoms with van der Waals surface area (Å²) in [7, 11) is 0. The molecule has 1 aromatic heterocycles. The fourth-order valence-corrected chi connectivity index (χ4v) is 1.85. The van der Waals surface area contributed by atoms with Crippen molar-refractivity contribution in [2.45, 2.75) is 5.03 Å². The van der Waals surface area contributed by atoms with Gasteiger partial charge in [0.05, 0.1) is 0 Å². The zero-order valence-corrected chi connectivity index (χ0v) is 9.08. The Labute approximate surface area is 96.5 Å². The number of hydrogen-bond acceptors (Lipinski definition) is 3. The Morgan fingerprint density at radius 1 is 1.12 bits per heavy atom. The molecule has 0 aliphatic rings. The van der Waals surface area contributed by atoms with Crippen LogP contribution >= 0.6 is 11.8 Å². The van der Waals surface area contributed by atoms with Crippen molar-refractivity contribution in [3.8, 4) is 0 Å². The number of carbonyl (C=O) groups excluding carboxylic acids is 1. The number of halogens is 1. The maximum absolute atomic E-state index is 12.6. The summed E-state index contributed by atoms with van der Waals surface area (Å²) in [5.41, 5.74) is 0.469. The van der Waals surface area contributed by atoms with Crippen molar-refractivity contribution in [2.75, 3.05) is 0 Å². The zero-order valence-electron chi connectivity index (χ0n) is 8.26. The second-order valence-electron chi connectivity index (χ2n) is 3.06. The number of pyridine rings is 1. The highest BCUT2D eigenvalue weighted by Gasteiger charge is 2.08. The summed E-state index contributed by atoms with van der Waals surface area (Å²) in [6, 6.07) is 10.8. The first kappa shape index (κ1) is 10.8. The van der Waals surface area contributed by atoms with E-state index in [1.165, 1.54) is 24.3 Å². The lowest BCUT2D eigenvalue weighted by atomic mass is 10.2. The minimum absolute atomic E-state index is 0.140. The molecule has 0 unspecified atom stereocenters. The molecule has 0 amide bonds. The lowest BCUT2D eigenvalue weighted by Gasteiger charge is -1.99. The number of thioether (sulfide) groups is 1. The van der Waals surface area contributed by atoms with Crippen LogP contribution in [0.15, 0.2) is 53.7 Å². The molecule has 0 fully saturated rings. The number of nitrogens with zero attached hydrogens (tertiary/aromatic N) is 1. The second-order valence-corrected chi connectivity index (χ2v) is 4.06. The molecule has 0 atom stereocenters. The van der Waals surface area contributed by atoms with Gasteiger partial charge in [-0.05, 0) is 48.2 Å². The summed E-state index contributed by atoms with van der Waals surface area (Å²) in [5.74, 6) is -0.348. The largest absolute Gasteiger partial charge is 0.281 e. The fraction of sp³-hybridized carbons (Fsp3) is 0. The third kappa shape index (κ3) is 2.67. The molecule has 1 aromatic carbocycles. The van der Waals surface area contributed by atoms with Crippen molar-refractivity contribution in [3.05, 3.63) is 60.0 Å². The molecule has 80 valence electrons. The summed E-state index contributed by atoms with van der Waals surface area (Å²) < 4.78 is 12.6. The maximum atomic E-state index is 12.6. The van der Waals surface area contributed by atoms with Crippen LogP contribution in [0.25, 0.3) is 0 Å². The van der Waals surface area contributed by atoms with Gasteiger partial charge in [-0.3, -0.25) is 4.79 Å². The van der Waals surface area contributed by atoms with E-state index in [-0.39, 0.29) is 10.9 Å². The van der Waals surface area contributed by atoms with E-state index >= 15 is 0 Å². The van der Waals surface area contributed by atoms with Crippen molar-refractivity contribution in [1.29, 1.82) is 0 Å². The van der Waals surface area contributed by atoms with Crippen LogP contribution < -0.4 is 0 Å². The number of carbonyl (C=O) groups is 1. The molecule has 1 heterocycles. The van der Waals surface area contributed by atoms with E-state index in [0.29, 0.717) is 10.6 Å². The maximum Gasteiger partial charge on any atom is 0.225 e. The van der Waals surface area contributed by atoms with E-state index in [9.17, 15) is 9.18 Å². The number of aromatic nitrogens is 1. The van der Waals surface area contributed by atoms with Gasteiger partial charge >= 0.3 is 0 Å². The Balaban J connectivity index is 2.12. The van der Waals surface area contributed by atoms with Gasteiger partial charge in [0.25, 0.3) is 0 Å². The van der Waals surface area contributed by atoms with Gasteiger partial charge in [0.2, 0.25) is 5.12 Å². The third-order valence-electron chi connectivity index (χ3n) is 1.91. The van der Waals surface area contributed by atoms with Crippen molar-refractivity contribution in [1.82, 2.24) is 4.98 Å². The predicted molar refractivity (Wildman–Crippen MR) is 60.8 cm³/mol. The standard InChI is InChI=1S/C12H8FNOS/c13-10-6-4-9(5-7-10)12(15)16-11-3-1-2-8-14-11/h1-8H. The lowest BCUT2D eigenvalue weighted by molar-refractivity contribution is 0.108. The normalized spacial score (nSPS) is 10.1. The summed E-state index contributed by atoms with van der Waals surface area (Å²) in [4.78, 5) is 15.8. The van der Waals surface area contributed by atoms with Crippen LogP contribution in [0.3, 0.4) is 0 Å². The Bertz CT molecular complexity index is 484. The van der Waals surface area contributed by atoms with E-state index in [4.69, 9.17) is 0 Å². The summed E-state index contributed by atoms with van der Waals surface area (Å²) in [6.45, 7) is 0. The van der Waals surface area contributed by atoms with E-state index in [0.717, 1.165) is 11.8 Å². The zero-order chi connectivity index (χ0) is 11.4. The van der Waals surface area contributed by atoms with Gasteiger partial charge in [-0.1, -0.05) is 6.07 Å². The van der Waals surface area contributed by atoms with Gasteiger partial charge in [-0.2, -0.15) is 0 Å². The minimum atomic E-state index is -0.348. The highest BCUT2D eigenvalue weighted by molar-refractivity contribution is 8.14. The SMILES string of the molecule is O=C(Sc1ccccn1)c1ccc(F)cc1. The molecule has 2 rings (SSSR count). The molecule has 16 heavy (non-hydrogen) atoms. The molecule has 0 aliphatic heterocycles. The quantitative estimate of drug-likeness (QED) is 0.746. The second kappa shape index (κ2) is 4.90. The first-order valence-electron chi connectivity index (χ1n) is 4.64. The van der Waals surface area contributed by atoms with Gasteiger partial charge < -0.3 is 0 Å². The van der Waals surface area contributed by atoms with Crippen molar-refractivity contribution < 1.29 is 9.18 Å². The van der Waals surface area contributed by atoms with E-state index in [1.54, 1.807) is 18.3 Å². The van der Waals surface area contributed by atoms with Crippen LogP contribution in [0.4, 0.5) is 4.39 Å². The van der Waals surface area contributed by atoms with E-state index < -0.39 is 0 Å². The molecule has 0 bridgehead atoms. The highest BCUT2D eigenvalue weighted by atomic mass is 32.2. The van der Waals surface area contributed by atoms with Crippen LogP contribution in [0.2, 0.25) is 0 Å². The smallest absolute Gasteiger partial charge is 0.225 e. The molecule has 0 radical (unpaired) electrons. The van der Waals surface area contributed by atoms with Gasteiger partial charge in [-0.15, -0.1) is 0 Å². The third-order valence-corrected chi connectivity index (χ3v) is 2.79. The lowest BCUT2D eigenvalue weighted by Crippen LogP contribution is -1.93. The summed E-state index contributed by atoms with van der Waals surface area (Å²) in [5, 5.41) is 0.496. The number of rotatable bonds is 2. The molecular formula is C12H8FNOS. The molecule has 0 saturated carbocycles. The Kier molecular flexibility index (Phi) is 3.31. The molecular weight excluding hydrogens is 225 g/mol. The van der Waals surface area contributed by atoms with Crippen LogP contribution in [-0.4, -0.2) is 10.1 Å². The minimum Gasteiger partial charge on any atom is -0.281 e. The monoisotopic (exact) mass is 233 g/mol. The fourth-order valence-electron chi connectivity index (χ4n) is 1.15. The number of hydrogen-bond donors (Lipinski definition) is 0. The summed E-state index contributed by atoms with van der Waals surface area (Å²) in [6.07, 6.45) is 1.63. The molecule has 2 aromatic rings. The highest BCUT2D eigenvalue weighted by Crippen LogP contribution is 2.20. The Morgan fingerprint density at radius 3 is 2.50 bits per heavy atom. The first-order chi connectivity index (χ1) is 7.75. The predicted octanol–water partition coefficient (Wildman–Crippen LogP) is 3.15. The number of benzene rings is 1. The van der Waals surface area contributed by atoms with E-state index in [2.05, 4.69) is 4.98 Å². The molecule has 2 nitrogen and oxygen atoms in total. The average Bonchev–Trinajstić information content (AvgIpc) is 2.31. The van der Waals surface area contributed by atoms with Gasteiger partial charge in [0.15, 0.2) is 0 Å². The first-order valence-corrected chi connectivity index (χ1v) is 5.46. The van der Waals surface area contributed by atoms with Crippen molar-refractivity contribution in [2.24, 2.45) is 0 Å². The Morgan fingerprint density at radius 2 is 1.88 bits per heavy atom. The van der Waals surface area contributed by atoms with Crippen LogP contribution in [0.1, 0.15) is 10.4 Å². The van der Waals surface area contributed by atoms with Gasteiger partial charge in [-0.25, -0.2) is 9.37 Å². The molecule has 0 spiro atoms. The van der Waals surface area contributed by atoms with Gasteiger partial charge in [0, 0.05) is 11.8 Å².